The minimum Gasteiger partial charge on any atom is -0.395 e. The molecule has 1 aromatic heterocycles. The summed E-state index contributed by atoms with van der Waals surface area (Å²) in [4.78, 5) is 5.91. The van der Waals surface area contributed by atoms with E-state index >= 15 is 0 Å². The molecule has 1 aromatic carbocycles. The molecule has 0 atom stereocenters. The molecule has 98 valence electrons. The first kappa shape index (κ1) is 13.3. The summed E-state index contributed by atoms with van der Waals surface area (Å²) in [6.07, 6.45) is -2.40. The van der Waals surface area contributed by atoms with Gasteiger partial charge >= 0.3 is 0 Å². The van der Waals surface area contributed by atoms with Crippen LogP contribution in [0, 0.1) is 0 Å². The lowest BCUT2D eigenvalue weighted by atomic mass is 10.3. The fourth-order valence-corrected chi connectivity index (χ4v) is 2.76. The Hall–Kier alpha value is -1.11. The molecular formula is C12H14F2N2OS. The normalized spacial score (nSPS) is 11.8. The monoisotopic (exact) mass is 272 g/mol. The summed E-state index contributed by atoms with van der Waals surface area (Å²) in [6, 6.07) is 7.68. The van der Waals surface area contributed by atoms with Crippen LogP contribution < -0.4 is 0 Å². The van der Waals surface area contributed by atoms with Gasteiger partial charge in [0.2, 0.25) is 0 Å². The maximum Gasteiger partial charge on any atom is 0.251 e. The van der Waals surface area contributed by atoms with Crippen molar-refractivity contribution in [3.8, 4) is 0 Å². The molecule has 18 heavy (non-hydrogen) atoms. The Morgan fingerprint density at radius 2 is 2.11 bits per heavy atom. The summed E-state index contributed by atoms with van der Waals surface area (Å²) in [7, 11) is 0. The van der Waals surface area contributed by atoms with E-state index in [1.54, 1.807) is 0 Å². The number of hydrogen-bond acceptors (Lipinski definition) is 4. The van der Waals surface area contributed by atoms with Crippen LogP contribution in [0.3, 0.4) is 0 Å². The van der Waals surface area contributed by atoms with Gasteiger partial charge in [-0.2, -0.15) is 0 Å². The third-order valence-electron chi connectivity index (χ3n) is 2.51. The van der Waals surface area contributed by atoms with E-state index in [9.17, 15) is 8.78 Å². The minimum absolute atomic E-state index is 0.127. The Bertz CT molecular complexity index is 471. The number of rotatable bonds is 6. The van der Waals surface area contributed by atoms with E-state index in [1.165, 1.54) is 16.2 Å². The lowest BCUT2D eigenvalue weighted by molar-refractivity contribution is 0.0746. The zero-order valence-corrected chi connectivity index (χ0v) is 10.5. The fraction of sp³-hybridized carbons (Fsp3) is 0.417. The molecule has 0 bridgehead atoms. The van der Waals surface area contributed by atoms with Gasteiger partial charge in [-0.3, -0.25) is 4.90 Å². The lowest BCUT2D eigenvalue weighted by Crippen LogP contribution is -2.31. The highest BCUT2D eigenvalue weighted by Crippen LogP contribution is 2.22. The molecule has 0 fully saturated rings. The van der Waals surface area contributed by atoms with Crippen molar-refractivity contribution in [2.45, 2.75) is 13.0 Å². The summed E-state index contributed by atoms with van der Waals surface area (Å²) < 4.78 is 25.8. The molecule has 0 radical (unpaired) electrons. The molecule has 1 heterocycles. The van der Waals surface area contributed by atoms with E-state index in [4.69, 9.17) is 5.11 Å². The maximum absolute atomic E-state index is 12.4. The van der Waals surface area contributed by atoms with Crippen molar-refractivity contribution in [1.29, 1.82) is 0 Å². The smallest absolute Gasteiger partial charge is 0.251 e. The molecule has 0 unspecified atom stereocenters. The molecule has 2 aromatic rings. The highest BCUT2D eigenvalue weighted by molar-refractivity contribution is 7.18. The molecular weight excluding hydrogens is 258 g/mol. The highest BCUT2D eigenvalue weighted by Gasteiger charge is 2.14. The van der Waals surface area contributed by atoms with E-state index in [0.717, 1.165) is 15.2 Å². The van der Waals surface area contributed by atoms with Gasteiger partial charge in [-0.1, -0.05) is 12.1 Å². The molecule has 1 N–H and O–H groups in total. The maximum atomic E-state index is 12.4. The lowest BCUT2D eigenvalue weighted by Gasteiger charge is -2.18. The van der Waals surface area contributed by atoms with Crippen LogP contribution in [0.1, 0.15) is 5.01 Å². The molecule has 6 heteroatoms. The van der Waals surface area contributed by atoms with Crippen molar-refractivity contribution in [2.75, 3.05) is 19.7 Å². The molecule has 2 rings (SSSR count). The molecule has 0 aliphatic heterocycles. The molecule has 0 spiro atoms. The second-order valence-electron chi connectivity index (χ2n) is 3.93. The average Bonchev–Trinajstić information content (AvgIpc) is 2.70. The van der Waals surface area contributed by atoms with Gasteiger partial charge in [-0.05, 0) is 12.1 Å². The number of aromatic nitrogens is 1. The minimum atomic E-state index is -2.40. The van der Waals surface area contributed by atoms with E-state index < -0.39 is 6.43 Å². The number of halogens is 2. The van der Waals surface area contributed by atoms with Crippen LogP contribution in [-0.2, 0) is 6.54 Å². The molecule has 0 aliphatic rings. The zero-order chi connectivity index (χ0) is 13.0. The van der Waals surface area contributed by atoms with Crippen LogP contribution in [0.4, 0.5) is 8.78 Å². The van der Waals surface area contributed by atoms with Gasteiger partial charge in [0.15, 0.2) is 0 Å². The van der Waals surface area contributed by atoms with Gasteiger partial charge in [0.05, 0.1) is 29.9 Å². The van der Waals surface area contributed by atoms with Gasteiger partial charge in [0, 0.05) is 6.54 Å². The van der Waals surface area contributed by atoms with E-state index in [0.29, 0.717) is 6.54 Å². The number of thiazole rings is 1. The summed E-state index contributed by atoms with van der Waals surface area (Å²) in [6.45, 7) is 0.124. The Labute approximate surface area is 108 Å². The third kappa shape index (κ3) is 3.44. The van der Waals surface area contributed by atoms with Gasteiger partial charge in [0.1, 0.15) is 5.01 Å². The van der Waals surface area contributed by atoms with Crippen LogP contribution in [0.2, 0.25) is 0 Å². The van der Waals surface area contributed by atoms with Crippen LogP contribution in [0.5, 0.6) is 0 Å². The zero-order valence-electron chi connectivity index (χ0n) is 9.72. The van der Waals surface area contributed by atoms with Crippen molar-refractivity contribution in [1.82, 2.24) is 9.88 Å². The van der Waals surface area contributed by atoms with E-state index in [2.05, 4.69) is 4.98 Å². The predicted octanol–water partition coefficient (Wildman–Crippen LogP) is 2.36. The quantitative estimate of drug-likeness (QED) is 0.877. The van der Waals surface area contributed by atoms with Crippen molar-refractivity contribution in [3.05, 3.63) is 29.3 Å². The fourth-order valence-electron chi connectivity index (χ4n) is 1.75. The van der Waals surface area contributed by atoms with Crippen molar-refractivity contribution in [3.63, 3.8) is 0 Å². The standard InChI is InChI=1S/C12H14F2N2OS/c13-11(14)7-16(5-6-17)8-12-15-9-3-1-2-4-10(9)18-12/h1-4,11,17H,5-8H2. The van der Waals surface area contributed by atoms with Crippen LogP contribution in [-0.4, -0.2) is 41.1 Å². The largest absolute Gasteiger partial charge is 0.395 e. The van der Waals surface area contributed by atoms with Gasteiger partial charge < -0.3 is 5.11 Å². The first-order chi connectivity index (χ1) is 8.69. The van der Waals surface area contributed by atoms with Crippen molar-refractivity contribution >= 4 is 21.6 Å². The van der Waals surface area contributed by atoms with Crippen LogP contribution >= 0.6 is 11.3 Å². The molecule has 0 saturated carbocycles. The van der Waals surface area contributed by atoms with Gasteiger partial charge in [0.25, 0.3) is 6.43 Å². The highest BCUT2D eigenvalue weighted by atomic mass is 32.1. The average molecular weight is 272 g/mol. The van der Waals surface area contributed by atoms with Crippen molar-refractivity contribution in [2.24, 2.45) is 0 Å². The molecule has 0 aliphatic carbocycles. The molecule has 3 nitrogen and oxygen atoms in total. The predicted molar refractivity (Wildman–Crippen MR) is 68.0 cm³/mol. The molecule has 0 amide bonds. The number of fused-ring (bicyclic) bond motifs is 1. The van der Waals surface area contributed by atoms with Gasteiger partial charge in [-0.15, -0.1) is 11.3 Å². The van der Waals surface area contributed by atoms with E-state index in [-0.39, 0.29) is 19.7 Å². The first-order valence-electron chi connectivity index (χ1n) is 5.65. The number of alkyl halides is 2. The van der Waals surface area contributed by atoms with Crippen molar-refractivity contribution < 1.29 is 13.9 Å². The Kier molecular flexibility index (Phi) is 4.57. The molecule has 0 saturated heterocycles. The van der Waals surface area contributed by atoms with Gasteiger partial charge in [-0.25, -0.2) is 13.8 Å². The third-order valence-corrected chi connectivity index (χ3v) is 3.53. The topological polar surface area (TPSA) is 36.4 Å². The number of nitrogens with zero attached hydrogens (tertiary/aromatic N) is 2. The summed E-state index contributed by atoms with van der Waals surface area (Å²) in [5, 5.41) is 9.66. The number of aliphatic hydroxyl groups is 1. The first-order valence-corrected chi connectivity index (χ1v) is 6.46. The number of para-hydroxylation sites is 1. The van der Waals surface area contributed by atoms with Crippen LogP contribution in [0.25, 0.3) is 10.2 Å². The summed E-state index contributed by atoms with van der Waals surface area (Å²) in [5.74, 6) is 0. The number of benzene rings is 1. The summed E-state index contributed by atoms with van der Waals surface area (Å²) in [5.41, 5.74) is 0.887. The second-order valence-corrected chi connectivity index (χ2v) is 5.04. The number of hydrogen-bond donors (Lipinski definition) is 1. The number of aliphatic hydroxyl groups excluding tert-OH is 1. The summed E-state index contributed by atoms with van der Waals surface area (Å²) >= 11 is 1.50. The second kappa shape index (κ2) is 6.17. The van der Waals surface area contributed by atoms with E-state index in [1.807, 2.05) is 24.3 Å². The van der Waals surface area contributed by atoms with Crippen LogP contribution in [0.15, 0.2) is 24.3 Å². The Balaban J connectivity index is 2.09. The Morgan fingerprint density at radius 3 is 2.78 bits per heavy atom. The Morgan fingerprint density at radius 1 is 1.33 bits per heavy atom. The SMILES string of the molecule is OCCN(Cc1nc2ccccc2s1)CC(F)F.